The van der Waals surface area contributed by atoms with Gasteiger partial charge in [-0.1, -0.05) is 24.2 Å². The predicted molar refractivity (Wildman–Crippen MR) is 103 cm³/mol. The fourth-order valence-electron chi connectivity index (χ4n) is 4.11. The van der Waals surface area contributed by atoms with E-state index in [4.69, 9.17) is 35.5 Å². The molecular weight excluding hydrogens is 368 g/mol. The molecule has 0 aromatic rings. The van der Waals surface area contributed by atoms with Crippen molar-refractivity contribution in [2.45, 2.75) is 51.0 Å². The topological polar surface area (TPSA) is 163 Å². The van der Waals surface area contributed by atoms with Crippen molar-refractivity contribution in [2.24, 2.45) is 28.1 Å². The fourth-order valence-corrected chi connectivity index (χ4v) is 4.11. The second-order valence-corrected chi connectivity index (χ2v) is 7.52. The maximum absolute atomic E-state index is 11.2. The third-order valence-corrected chi connectivity index (χ3v) is 5.80. The molecule has 0 aromatic heterocycles. The minimum absolute atomic E-state index is 0.121. The highest BCUT2D eigenvalue weighted by Gasteiger charge is 2.58. The Bertz CT molecular complexity index is 569. The van der Waals surface area contributed by atoms with Crippen molar-refractivity contribution in [1.29, 1.82) is 0 Å². The summed E-state index contributed by atoms with van der Waals surface area (Å²) in [5.41, 5.74) is 4.64. The highest BCUT2D eigenvalue weighted by Crippen LogP contribution is 2.58. The van der Waals surface area contributed by atoms with Crippen LogP contribution in [0.15, 0.2) is 17.3 Å². The summed E-state index contributed by atoms with van der Waals surface area (Å²) in [6.07, 6.45) is 11.4. The van der Waals surface area contributed by atoms with Gasteiger partial charge < -0.3 is 31.0 Å². The summed E-state index contributed by atoms with van der Waals surface area (Å²) in [6, 6.07) is 0. The fraction of sp³-hybridized carbons (Fsp3) is 0.737. The Labute approximate surface area is 164 Å². The summed E-state index contributed by atoms with van der Waals surface area (Å²) < 4.78 is 0. The van der Waals surface area contributed by atoms with E-state index in [1.807, 2.05) is 12.3 Å². The molecule has 160 valence electrons. The molecular formula is C19H32N2O7. The molecule has 6 N–H and O–H groups in total. The summed E-state index contributed by atoms with van der Waals surface area (Å²) in [5, 5.41) is 38.8. The molecule has 2 aliphatic rings. The molecule has 2 aliphatic carbocycles. The van der Waals surface area contributed by atoms with E-state index in [1.54, 1.807) is 0 Å². The van der Waals surface area contributed by atoms with E-state index in [9.17, 15) is 5.11 Å². The minimum atomic E-state index is -1.82. The first kappa shape index (κ1) is 24.1. The number of aliphatic hydroxyl groups excluding tert-OH is 1. The SMILES string of the molecule is C[C@]12CC[C@H](/C=C/CCO)C[C@@]1(O)CC[C@@H]2/C=N/OCCN.O=C(O)C(=O)O. The molecule has 0 aliphatic heterocycles. The highest BCUT2D eigenvalue weighted by molar-refractivity contribution is 6.27. The number of aliphatic carboxylic acids is 2. The van der Waals surface area contributed by atoms with Crippen LogP contribution in [0.1, 0.15) is 45.4 Å². The van der Waals surface area contributed by atoms with E-state index in [-0.39, 0.29) is 17.9 Å². The number of fused-ring (bicyclic) bond motifs is 1. The van der Waals surface area contributed by atoms with Crippen LogP contribution < -0.4 is 5.73 Å². The number of allylic oxidation sites excluding steroid dienone is 1. The number of hydrogen-bond acceptors (Lipinski definition) is 7. The lowest BCUT2D eigenvalue weighted by atomic mass is 9.60. The van der Waals surface area contributed by atoms with Crippen LogP contribution in [0.2, 0.25) is 0 Å². The van der Waals surface area contributed by atoms with Crippen molar-refractivity contribution in [3.05, 3.63) is 12.2 Å². The Morgan fingerprint density at radius 3 is 2.50 bits per heavy atom. The molecule has 0 aromatic carbocycles. The van der Waals surface area contributed by atoms with E-state index in [0.717, 1.165) is 32.1 Å². The van der Waals surface area contributed by atoms with Gasteiger partial charge in [0.25, 0.3) is 0 Å². The molecule has 0 unspecified atom stereocenters. The van der Waals surface area contributed by atoms with Gasteiger partial charge in [-0.3, -0.25) is 0 Å². The smallest absolute Gasteiger partial charge is 0.414 e. The number of carboxylic acid groups (broad SMARTS) is 2. The Morgan fingerprint density at radius 1 is 1.25 bits per heavy atom. The van der Waals surface area contributed by atoms with Crippen LogP contribution in [0.4, 0.5) is 0 Å². The molecule has 0 heterocycles. The van der Waals surface area contributed by atoms with Crippen LogP contribution in [-0.2, 0) is 14.4 Å². The van der Waals surface area contributed by atoms with Crippen LogP contribution in [0, 0.1) is 17.3 Å². The summed E-state index contributed by atoms with van der Waals surface area (Å²) in [6.45, 7) is 3.27. The largest absolute Gasteiger partial charge is 0.473 e. The first-order valence-electron chi connectivity index (χ1n) is 9.52. The maximum atomic E-state index is 11.2. The van der Waals surface area contributed by atoms with E-state index >= 15 is 0 Å². The van der Waals surface area contributed by atoms with Crippen molar-refractivity contribution >= 4 is 18.2 Å². The standard InChI is InChI=1S/C17H30N2O3.C2H2O4/c1-16-7-5-14(4-2-3-10-20)12-17(16,21)8-6-15(16)13-19-22-11-9-18;3-1(4)2(5)6/h2,4,13-15,20-21H,3,5-12,18H2,1H3;(H,3,4)(H,5,6)/b4-2+,19-13+;/t14-,15+,16+,17-;/m0./s1. The first-order valence-corrected chi connectivity index (χ1v) is 9.52. The van der Waals surface area contributed by atoms with Crippen molar-refractivity contribution in [1.82, 2.24) is 0 Å². The maximum Gasteiger partial charge on any atom is 0.414 e. The zero-order chi connectivity index (χ0) is 21.2. The van der Waals surface area contributed by atoms with Gasteiger partial charge in [-0.2, -0.15) is 0 Å². The van der Waals surface area contributed by atoms with Gasteiger partial charge in [-0.15, -0.1) is 0 Å². The van der Waals surface area contributed by atoms with Gasteiger partial charge in [-0.05, 0) is 44.4 Å². The zero-order valence-corrected chi connectivity index (χ0v) is 16.3. The predicted octanol–water partition coefficient (Wildman–Crippen LogP) is 0.989. The number of hydrogen-bond donors (Lipinski definition) is 5. The van der Waals surface area contributed by atoms with Crippen LogP contribution >= 0.6 is 0 Å². The van der Waals surface area contributed by atoms with E-state index in [0.29, 0.717) is 25.5 Å². The summed E-state index contributed by atoms with van der Waals surface area (Å²) in [7, 11) is 0. The summed E-state index contributed by atoms with van der Waals surface area (Å²) >= 11 is 0. The van der Waals surface area contributed by atoms with Gasteiger partial charge in [0, 0.05) is 30.7 Å². The van der Waals surface area contributed by atoms with Crippen LogP contribution in [0.5, 0.6) is 0 Å². The number of nitrogens with zero attached hydrogens (tertiary/aromatic N) is 1. The number of carbonyl (C=O) groups is 2. The monoisotopic (exact) mass is 400 g/mol. The van der Waals surface area contributed by atoms with E-state index in [2.05, 4.69) is 18.2 Å². The van der Waals surface area contributed by atoms with Crippen molar-refractivity contribution in [3.8, 4) is 0 Å². The molecule has 28 heavy (non-hydrogen) atoms. The Kier molecular flexibility index (Phi) is 9.57. The summed E-state index contributed by atoms with van der Waals surface area (Å²) in [4.78, 5) is 23.3. The third-order valence-electron chi connectivity index (χ3n) is 5.80. The van der Waals surface area contributed by atoms with Gasteiger partial charge in [0.1, 0.15) is 6.61 Å². The number of oxime groups is 1. The molecule has 9 heteroatoms. The number of nitrogens with two attached hydrogens (primary N) is 1. The molecule has 2 saturated carbocycles. The van der Waals surface area contributed by atoms with Crippen LogP contribution in [0.25, 0.3) is 0 Å². The van der Waals surface area contributed by atoms with Crippen LogP contribution in [0.3, 0.4) is 0 Å². The Balaban J connectivity index is 0.000000568. The molecule has 2 fully saturated rings. The number of aliphatic hydroxyl groups is 2. The van der Waals surface area contributed by atoms with Gasteiger partial charge in [0.2, 0.25) is 0 Å². The molecule has 0 saturated heterocycles. The Hall–Kier alpha value is -1.97. The van der Waals surface area contributed by atoms with Crippen molar-refractivity contribution in [2.75, 3.05) is 19.8 Å². The molecule has 0 radical (unpaired) electrons. The molecule has 4 atom stereocenters. The lowest BCUT2D eigenvalue weighted by molar-refractivity contribution is -0.159. The number of rotatable bonds is 7. The lowest BCUT2D eigenvalue weighted by Gasteiger charge is -2.48. The minimum Gasteiger partial charge on any atom is -0.473 e. The number of carboxylic acids is 2. The van der Waals surface area contributed by atoms with Gasteiger partial charge in [0.05, 0.1) is 5.60 Å². The second-order valence-electron chi connectivity index (χ2n) is 7.52. The normalized spacial score (nSPS) is 32.0. The van der Waals surface area contributed by atoms with Gasteiger partial charge >= 0.3 is 11.9 Å². The second kappa shape index (κ2) is 11.1. The summed E-state index contributed by atoms with van der Waals surface area (Å²) in [5.74, 6) is -2.98. The average Bonchev–Trinajstić information content (AvgIpc) is 2.90. The molecule has 9 nitrogen and oxygen atoms in total. The van der Waals surface area contributed by atoms with Gasteiger partial charge in [-0.25, -0.2) is 9.59 Å². The first-order chi connectivity index (χ1) is 13.2. The highest BCUT2D eigenvalue weighted by atomic mass is 16.6. The average molecular weight is 400 g/mol. The Morgan fingerprint density at radius 2 is 1.93 bits per heavy atom. The van der Waals surface area contributed by atoms with E-state index < -0.39 is 17.5 Å². The third kappa shape index (κ3) is 6.29. The van der Waals surface area contributed by atoms with Gasteiger partial charge in [0.15, 0.2) is 0 Å². The van der Waals surface area contributed by atoms with E-state index in [1.165, 1.54) is 0 Å². The van der Waals surface area contributed by atoms with Crippen molar-refractivity contribution in [3.63, 3.8) is 0 Å². The van der Waals surface area contributed by atoms with Crippen molar-refractivity contribution < 1.29 is 34.9 Å². The molecule has 0 amide bonds. The molecule has 2 rings (SSSR count). The quantitative estimate of drug-likeness (QED) is 0.139. The molecule has 0 bridgehead atoms. The zero-order valence-electron chi connectivity index (χ0n) is 16.3. The van der Waals surface area contributed by atoms with Crippen LogP contribution in [-0.4, -0.2) is 63.9 Å². The molecule has 0 spiro atoms. The lowest BCUT2D eigenvalue weighted by Crippen LogP contribution is -2.49.